The quantitative estimate of drug-likeness (QED) is 0.681. The number of carbonyl (C=O) groups excluding carboxylic acids is 1. The van der Waals surface area contributed by atoms with E-state index in [0.717, 1.165) is 12.8 Å². The normalized spacial score (nSPS) is 10.4. The van der Waals surface area contributed by atoms with E-state index in [4.69, 9.17) is 18.0 Å². The van der Waals surface area contributed by atoms with Crippen LogP contribution in [-0.4, -0.2) is 28.4 Å². The molecule has 0 aromatic heterocycles. The van der Waals surface area contributed by atoms with Crippen LogP contribution < -0.4 is 5.73 Å². The van der Waals surface area contributed by atoms with Crippen LogP contribution in [0, 0.1) is 0 Å². The van der Waals surface area contributed by atoms with Gasteiger partial charge in [-0.25, -0.2) is 0 Å². The first-order chi connectivity index (χ1) is 6.99. The molecule has 0 saturated carbocycles. The maximum absolute atomic E-state index is 11.8. The molecule has 0 rings (SSSR count). The van der Waals surface area contributed by atoms with Crippen LogP contribution in [0.1, 0.15) is 46.5 Å². The number of unbranched alkanes of at least 4 members (excludes halogenated alkanes) is 1. The van der Waals surface area contributed by atoms with Crippen molar-refractivity contribution in [3.8, 4) is 0 Å². The number of hydrogen-bond acceptors (Lipinski definition) is 2. The van der Waals surface area contributed by atoms with E-state index in [1.807, 2.05) is 18.7 Å². The lowest BCUT2D eigenvalue weighted by Gasteiger charge is -2.26. The number of nitrogens with zero attached hydrogens (tertiary/aromatic N) is 1. The van der Waals surface area contributed by atoms with E-state index < -0.39 is 0 Å². The van der Waals surface area contributed by atoms with E-state index in [0.29, 0.717) is 24.4 Å². The molecule has 1 amide bonds. The van der Waals surface area contributed by atoms with Crippen LogP contribution in [0.2, 0.25) is 0 Å². The molecule has 0 atom stereocenters. The van der Waals surface area contributed by atoms with Crippen LogP contribution in [0.3, 0.4) is 0 Å². The van der Waals surface area contributed by atoms with E-state index in [1.54, 1.807) is 0 Å². The minimum Gasteiger partial charge on any atom is -0.393 e. The first kappa shape index (κ1) is 14.4. The molecule has 0 aliphatic carbocycles. The summed E-state index contributed by atoms with van der Waals surface area (Å²) in [6.45, 7) is 6.77. The number of thiocarbonyl (C=S) groups is 1. The average Bonchev–Trinajstić information content (AvgIpc) is 2.13. The fraction of sp³-hybridized carbons (Fsp3) is 0.818. The Morgan fingerprint density at radius 3 is 2.40 bits per heavy atom. The molecule has 0 saturated heterocycles. The van der Waals surface area contributed by atoms with Gasteiger partial charge in [0.15, 0.2) is 0 Å². The molecule has 0 heterocycles. The summed E-state index contributed by atoms with van der Waals surface area (Å²) < 4.78 is 0. The van der Waals surface area contributed by atoms with Crippen LogP contribution in [0.25, 0.3) is 0 Å². The Morgan fingerprint density at radius 1 is 1.40 bits per heavy atom. The molecule has 0 bridgehead atoms. The van der Waals surface area contributed by atoms with Gasteiger partial charge in [-0.05, 0) is 20.3 Å². The minimum atomic E-state index is 0.211. The van der Waals surface area contributed by atoms with Crippen molar-refractivity contribution in [3.63, 3.8) is 0 Å². The monoisotopic (exact) mass is 230 g/mol. The summed E-state index contributed by atoms with van der Waals surface area (Å²) in [6, 6.07) is 0.226. The number of carbonyl (C=O) groups is 1. The fourth-order valence-electron chi connectivity index (χ4n) is 1.37. The maximum Gasteiger partial charge on any atom is 0.222 e. The fourth-order valence-corrected chi connectivity index (χ4v) is 1.46. The van der Waals surface area contributed by atoms with Gasteiger partial charge in [-0.3, -0.25) is 4.79 Å². The Balaban J connectivity index is 4.13. The lowest BCUT2D eigenvalue weighted by Crippen LogP contribution is -2.38. The largest absolute Gasteiger partial charge is 0.393 e. The summed E-state index contributed by atoms with van der Waals surface area (Å²) in [4.78, 5) is 14.1. The van der Waals surface area contributed by atoms with Crippen molar-refractivity contribution in [2.24, 2.45) is 5.73 Å². The zero-order valence-corrected chi connectivity index (χ0v) is 10.8. The average molecular weight is 230 g/mol. The van der Waals surface area contributed by atoms with Crippen molar-refractivity contribution in [2.75, 3.05) is 6.54 Å². The van der Waals surface area contributed by atoms with Gasteiger partial charge in [0.2, 0.25) is 5.91 Å². The molecule has 0 radical (unpaired) electrons. The first-order valence-corrected chi connectivity index (χ1v) is 5.97. The predicted octanol–water partition coefficient (Wildman–Crippen LogP) is 2.09. The van der Waals surface area contributed by atoms with Crippen molar-refractivity contribution in [3.05, 3.63) is 0 Å². The molecule has 0 spiro atoms. The molecule has 2 N–H and O–H groups in total. The third-order valence-corrected chi connectivity index (χ3v) is 2.49. The maximum atomic E-state index is 11.8. The second-order valence-electron chi connectivity index (χ2n) is 4.00. The van der Waals surface area contributed by atoms with Crippen LogP contribution in [0.15, 0.2) is 0 Å². The van der Waals surface area contributed by atoms with Gasteiger partial charge in [-0.15, -0.1) is 0 Å². The van der Waals surface area contributed by atoms with Crippen molar-refractivity contribution in [1.82, 2.24) is 4.90 Å². The highest BCUT2D eigenvalue weighted by molar-refractivity contribution is 7.80. The molecule has 88 valence electrons. The van der Waals surface area contributed by atoms with Crippen LogP contribution in [0.5, 0.6) is 0 Å². The second kappa shape index (κ2) is 7.63. The van der Waals surface area contributed by atoms with Crippen molar-refractivity contribution in [2.45, 2.75) is 52.5 Å². The summed E-state index contributed by atoms with van der Waals surface area (Å²) in [5.41, 5.74) is 5.43. The summed E-state index contributed by atoms with van der Waals surface area (Å²) in [5.74, 6) is 0.211. The van der Waals surface area contributed by atoms with Gasteiger partial charge < -0.3 is 10.6 Å². The number of rotatable bonds is 7. The molecular formula is C11H22N2OS. The van der Waals surface area contributed by atoms with E-state index in [9.17, 15) is 4.79 Å². The molecule has 15 heavy (non-hydrogen) atoms. The SMILES string of the molecule is CCCCC(=O)N(CCC(N)=S)C(C)C. The molecule has 4 heteroatoms. The van der Waals surface area contributed by atoms with Gasteiger partial charge in [-0.1, -0.05) is 25.6 Å². The van der Waals surface area contributed by atoms with E-state index >= 15 is 0 Å². The van der Waals surface area contributed by atoms with E-state index in [2.05, 4.69) is 6.92 Å². The van der Waals surface area contributed by atoms with Gasteiger partial charge >= 0.3 is 0 Å². The first-order valence-electron chi connectivity index (χ1n) is 5.56. The van der Waals surface area contributed by atoms with Crippen LogP contribution in [0.4, 0.5) is 0 Å². The van der Waals surface area contributed by atoms with Crippen LogP contribution in [-0.2, 0) is 4.79 Å². The summed E-state index contributed by atoms with van der Waals surface area (Å²) in [6.07, 6.45) is 3.25. The zero-order chi connectivity index (χ0) is 11.8. The lowest BCUT2D eigenvalue weighted by molar-refractivity contribution is -0.132. The van der Waals surface area contributed by atoms with Crippen LogP contribution >= 0.6 is 12.2 Å². The Morgan fingerprint density at radius 2 is 2.00 bits per heavy atom. The van der Waals surface area contributed by atoms with Crippen molar-refractivity contribution < 1.29 is 4.79 Å². The van der Waals surface area contributed by atoms with Crippen molar-refractivity contribution in [1.29, 1.82) is 0 Å². The minimum absolute atomic E-state index is 0.211. The number of hydrogen-bond donors (Lipinski definition) is 1. The summed E-state index contributed by atoms with van der Waals surface area (Å²) in [5, 5.41) is 0. The molecule has 0 unspecified atom stereocenters. The molecule has 0 fully saturated rings. The highest BCUT2D eigenvalue weighted by Gasteiger charge is 2.15. The Labute approximate surface area is 98.0 Å². The van der Waals surface area contributed by atoms with Gasteiger partial charge in [0.25, 0.3) is 0 Å². The highest BCUT2D eigenvalue weighted by atomic mass is 32.1. The number of nitrogens with two attached hydrogens (primary N) is 1. The van der Waals surface area contributed by atoms with Gasteiger partial charge in [-0.2, -0.15) is 0 Å². The molecule has 0 aliphatic rings. The second-order valence-corrected chi connectivity index (χ2v) is 4.53. The third-order valence-electron chi connectivity index (χ3n) is 2.29. The molecule has 0 aromatic carbocycles. The Bertz CT molecular complexity index is 217. The van der Waals surface area contributed by atoms with Gasteiger partial charge in [0.05, 0.1) is 4.99 Å². The highest BCUT2D eigenvalue weighted by Crippen LogP contribution is 2.06. The smallest absolute Gasteiger partial charge is 0.222 e. The molecular weight excluding hydrogens is 208 g/mol. The molecule has 0 aliphatic heterocycles. The van der Waals surface area contributed by atoms with Crippen molar-refractivity contribution >= 4 is 23.1 Å². The Kier molecular flexibility index (Phi) is 7.30. The molecule has 3 nitrogen and oxygen atoms in total. The lowest BCUT2D eigenvalue weighted by atomic mass is 10.2. The van der Waals surface area contributed by atoms with E-state index in [1.165, 1.54) is 0 Å². The topological polar surface area (TPSA) is 46.3 Å². The zero-order valence-electron chi connectivity index (χ0n) is 9.95. The Hall–Kier alpha value is -0.640. The third kappa shape index (κ3) is 6.44. The van der Waals surface area contributed by atoms with Gasteiger partial charge in [0, 0.05) is 25.4 Å². The standard InChI is InChI=1S/C11H22N2OS/c1-4-5-6-11(14)13(9(2)3)8-7-10(12)15/h9H,4-8H2,1-3H3,(H2,12,15). The molecule has 0 aromatic rings. The number of amides is 1. The summed E-state index contributed by atoms with van der Waals surface area (Å²) in [7, 11) is 0. The summed E-state index contributed by atoms with van der Waals surface area (Å²) >= 11 is 4.81. The van der Waals surface area contributed by atoms with E-state index in [-0.39, 0.29) is 11.9 Å². The predicted molar refractivity (Wildman–Crippen MR) is 67.8 cm³/mol. The van der Waals surface area contributed by atoms with Gasteiger partial charge in [0.1, 0.15) is 0 Å².